The van der Waals surface area contributed by atoms with Crippen molar-refractivity contribution in [2.75, 3.05) is 23.7 Å². The van der Waals surface area contributed by atoms with Crippen LogP contribution in [0.3, 0.4) is 0 Å². The highest BCUT2D eigenvalue weighted by Crippen LogP contribution is 2.29. The molecule has 0 aliphatic rings. The Hall–Kier alpha value is -3.87. The van der Waals surface area contributed by atoms with E-state index in [0.29, 0.717) is 59.9 Å². The zero-order chi connectivity index (χ0) is 39.7. The quantitative estimate of drug-likeness (QED) is 0.102. The van der Waals surface area contributed by atoms with Crippen LogP contribution in [0.1, 0.15) is 36.4 Å². The van der Waals surface area contributed by atoms with Crippen molar-refractivity contribution in [3.05, 3.63) is 144 Å². The van der Waals surface area contributed by atoms with Gasteiger partial charge < -0.3 is 20.5 Å². The number of ether oxygens (including phenoxy) is 1. The molecule has 0 radical (unpaired) electrons. The number of anilines is 2. The van der Waals surface area contributed by atoms with Gasteiger partial charge in [-0.1, -0.05) is 119 Å². The molecule has 3 N–H and O–H groups in total. The van der Waals surface area contributed by atoms with Gasteiger partial charge >= 0.3 is 0 Å². The van der Waals surface area contributed by atoms with Gasteiger partial charge in [0, 0.05) is 25.5 Å². The zero-order valence-corrected chi connectivity index (χ0v) is 34.8. The summed E-state index contributed by atoms with van der Waals surface area (Å²) in [6, 6.07) is 18.0. The number of nitrogens with one attached hydrogen (secondary N) is 2. The number of hydrogen-bond acceptors (Lipinski definition) is 10. The van der Waals surface area contributed by atoms with E-state index in [0.717, 1.165) is 54.7 Å². The number of phenolic OH excluding ortho intramolecular Hbond substituents is 1. The second-order valence-electron chi connectivity index (χ2n) is 11.3. The van der Waals surface area contributed by atoms with Gasteiger partial charge in [-0.05, 0) is 73.2 Å². The number of halogens is 7. The van der Waals surface area contributed by atoms with Crippen molar-refractivity contribution in [3.63, 3.8) is 0 Å². The Morgan fingerprint density at radius 1 is 0.582 bits per heavy atom. The fourth-order valence-corrected chi connectivity index (χ4v) is 6.07. The fourth-order valence-electron chi connectivity index (χ4n) is 4.58. The highest BCUT2D eigenvalue weighted by atomic mass is 35.5. The summed E-state index contributed by atoms with van der Waals surface area (Å²) in [6.07, 6.45) is 9.17. The first-order valence-corrected chi connectivity index (χ1v) is 19.4. The van der Waals surface area contributed by atoms with Crippen LogP contribution in [-0.2, 0) is 25.7 Å². The molecule has 6 aromatic rings. The Labute approximate surface area is 354 Å². The van der Waals surface area contributed by atoms with Crippen molar-refractivity contribution >= 4 is 92.8 Å². The summed E-state index contributed by atoms with van der Waals surface area (Å²) in [5, 5.41) is 18.8. The van der Waals surface area contributed by atoms with Crippen molar-refractivity contribution < 1.29 is 9.84 Å². The third-order valence-electron chi connectivity index (χ3n) is 7.42. The van der Waals surface area contributed by atoms with E-state index in [1.807, 2.05) is 50.2 Å². The van der Waals surface area contributed by atoms with Gasteiger partial charge in [0.1, 0.15) is 56.0 Å². The largest absolute Gasteiger partial charge is 0.508 e. The van der Waals surface area contributed by atoms with Crippen LogP contribution in [-0.4, -0.2) is 48.1 Å². The molecule has 4 aromatic heterocycles. The summed E-state index contributed by atoms with van der Waals surface area (Å²) in [6.45, 7) is 5.44. The first-order valence-electron chi connectivity index (χ1n) is 16.8. The first kappa shape index (κ1) is 43.9. The molecule has 0 aliphatic carbocycles. The molecule has 17 heteroatoms. The molecule has 0 bridgehead atoms. The van der Waals surface area contributed by atoms with E-state index in [2.05, 4.69) is 40.5 Å². The molecule has 10 nitrogen and oxygen atoms in total. The third-order valence-corrected chi connectivity index (χ3v) is 9.58. The lowest BCUT2D eigenvalue weighted by Crippen LogP contribution is -2.08. The monoisotopic (exact) mass is 880 g/mol. The number of phenols is 1. The van der Waals surface area contributed by atoms with E-state index in [1.165, 1.54) is 25.0 Å². The molecule has 6 rings (SSSR count). The molecule has 2 aromatic carbocycles. The number of rotatable bonds is 12. The van der Waals surface area contributed by atoms with Gasteiger partial charge in [-0.15, -0.1) is 0 Å². The van der Waals surface area contributed by atoms with E-state index in [9.17, 15) is 5.11 Å². The predicted octanol–water partition coefficient (Wildman–Crippen LogP) is 11.9. The molecule has 0 atom stereocenters. The molecule has 0 amide bonds. The van der Waals surface area contributed by atoms with Crippen LogP contribution in [0, 0.1) is 0 Å². The van der Waals surface area contributed by atoms with Crippen LogP contribution < -0.4 is 15.4 Å². The SMILES string of the molecule is CCc1ncnc(NCCc2ccc(O)cc2)c1Cl.CCc1ncnc(NCCc2ccc(Oc3ncc(Cl)cc3Cl)cc2)c1Cl.Clc1cnc(Cl)c(Cl)c1. The Balaban J connectivity index is 0.000000207. The lowest BCUT2D eigenvalue weighted by molar-refractivity contribution is 0.463. The van der Waals surface area contributed by atoms with Crippen molar-refractivity contribution in [1.29, 1.82) is 0 Å². The average molecular weight is 884 g/mol. The van der Waals surface area contributed by atoms with Crippen molar-refractivity contribution in [2.45, 2.75) is 39.5 Å². The maximum atomic E-state index is 9.20. The summed E-state index contributed by atoms with van der Waals surface area (Å²) >= 11 is 40.9. The molecule has 0 saturated heterocycles. The van der Waals surface area contributed by atoms with Gasteiger partial charge in [0.05, 0.1) is 26.5 Å². The molecular formula is C38H35Cl7N8O2. The third kappa shape index (κ3) is 14.3. The Morgan fingerprint density at radius 2 is 1.05 bits per heavy atom. The van der Waals surface area contributed by atoms with Crippen LogP contribution in [0.15, 0.2) is 85.7 Å². The summed E-state index contributed by atoms with van der Waals surface area (Å²) < 4.78 is 5.68. The number of aromatic hydroxyl groups is 1. The topological polar surface area (TPSA) is 131 Å². The smallest absolute Gasteiger partial charge is 0.238 e. The lowest BCUT2D eigenvalue weighted by Gasteiger charge is -2.10. The minimum atomic E-state index is 0.279. The van der Waals surface area contributed by atoms with E-state index < -0.39 is 0 Å². The molecule has 0 aliphatic heterocycles. The minimum absolute atomic E-state index is 0.279. The van der Waals surface area contributed by atoms with Gasteiger partial charge in [-0.25, -0.2) is 29.9 Å². The number of nitrogens with zero attached hydrogens (tertiary/aromatic N) is 6. The van der Waals surface area contributed by atoms with Gasteiger partial charge in [0.15, 0.2) is 0 Å². The molecule has 55 heavy (non-hydrogen) atoms. The van der Waals surface area contributed by atoms with Crippen molar-refractivity contribution in [1.82, 2.24) is 29.9 Å². The summed E-state index contributed by atoms with van der Waals surface area (Å²) in [5.41, 5.74) is 3.98. The summed E-state index contributed by atoms with van der Waals surface area (Å²) in [4.78, 5) is 24.4. The standard InChI is InChI=1S/C19H17Cl3N4O.C14H16ClN3O.C5H2Cl3N/c1-2-16-17(22)18(26-11-25-16)23-8-7-12-3-5-14(6-4-12)27-19-15(21)9-13(20)10-24-19;1-2-12-13(15)14(18-9-17-12)16-8-7-10-3-5-11(19)6-4-10;6-3-1-4(7)5(8)9-2-3/h3-6,9-11H,2,7-8H2,1H3,(H,23,25,26);3-6,9,19H,2,7-8H2,1H3,(H,16,17,18);1-2H. The maximum absolute atomic E-state index is 9.20. The number of pyridine rings is 2. The molecule has 0 saturated carbocycles. The Morgan fingerprint density at radius 3 is 1.51 bits per heavy atom. The van der Waals surface area contributed by atoms with Crippen LogP contribution in [0.25, 0.3) is 0 Å². The fraction of sp³-hybridized carbons (Fsp3) is 0.211. The van der Waals surface area contributed by atoms with E-state index in [-0.39, 0.29) is 10.9 Å². The Kier molecular flexibility index (Phi) is 18.0. The van der Waals surface area contributed by atoms with Crippen molar-refractivity contribution in [3.8, 4) is 17.4 Å². The zero-order valence-electron chi connectivity index (χ0n) is 29.5. The highest BCUT2D eigenvalue weighted by Gasteiger charge is 2.09. The van der Waals surface area contributed by atoms with Crippen LogP contribution in [0.4, 0.5) is 11.6 Å². The van der Waals surface area contributed by atoms with Crippen LogP contribution in [0.2, 0.25) is 35.3 Å². The van der Waals surface area contributed by atoms with Gasteiger partial charge in [0.2, 0.25) is 5.88 Å². The second-order valence-corrected chi connectivity index (χ2v) is 14.1. The number of hydrogen-bond donors (Lipinski definition) is 3. The van der Waals surface area contributed by atoms with Gasteiger partial charge in [0.25, 0.3) is 0 Å². The predicted molar refractivity (Wildman–Crippen MR) is 225 cm³/mol. The van der Waals surface area contributed by atoms with Crippen LogP contribution >= 0.6 is 81.2 Å². The molecule has 288 valence electrons. The highest BCUT2D eigenvalue weighted by molar-refractivity contribution is 6.42. The van der Waals surface area contributed by atoms with Gasteiger partial charge in [-0.2, -0.15) is 0 Å². The number of benzene rings is 2. The summed E-state index contributed by atoms with van der Waals surface area (Å²) in [5.74, 6) is 2.58. The summed E-state index contributed by atoms with van der Waals surface area (Å²) in [7, 11) is 0. The van der Waals surface area contributed by atoms with E-state index in [1.54, 1.807) is 24.3 Å². The molecule has 0 spiro atoms. The average Bonchev–Trinajstić information content (AvgIpc) is 3.18. The molecule has 0 fully saturated rings. The maximum Gasteiger partial charge on any atom is 0.238 e. The van der Waals surface area contributed by atoms with Crippen molar-refractivity contribution in [2.24, 2.45) is 0 Å². The second kappa shape index (κ2) is 22.6. The molecular weight excluding hydrogens is 849 g/mol. The first-order chi connectivity index (χ1) is 26.5. The normalized spacial score (nSPS) is 10.4. The lowest BCUT2D eigenvalue weighted by atomic mass is 10.1. The van der Waals surface area contributed by atoms with E-state index >= 15 is 0 Å². The molecule has 0 unspecified atom stereocenters. The minimum Gasteiger partial charge on any atom is -0.508 e. The number of aryl methyl sites for hydroxylation is 2. The Bertz CT molecular complexity index is 2130. The number of aromatic nitrogens is 6. The molecule has 4 heterocycles. The van der Waals surface area contributed by atoms with E-state index in [4.69, 9.17) is 85.9 Å². The van der Waals surface area contributed by atoms with Crippen LogP contribution in [0.5, 0.6) is 17.4 Å². The van der Waals surface area contributed by atoms with Gasteiger partial charge in [-0.3, -0.25) is 0 Å².